The lowest BCUT2D eigenvalue weighted by molar-refractivity contribution is -0.274. The summed E-state index contributed by atoms with van der Waals surface area (Å²) >= 11 is 0. The molecule has 1 aliphatic rings. The quantitative estimate of drug-likeness (QED) is 0.214. The van der Waals surface area contributed by atoms with Gasteiger partial charge in [-0.2, -0.15) is 0 Å². The summed E-state index contributed by atoms with van der Waals surface area (Å²) in [5.74, 6) is -0.309. The summed E-state index contributed by atoms with van der Waals surface area (Å²) in [6.07, 6.45) is 4.71. The molecule has 11 heteroatoms. The van der Waals surface area contributed by atoms with Gasteiger partial charge in [-0.15, -0.1) is 23.4 Å². The van der Waals surface area contributed by atoms with E-state index in [0.717, 1.165) is 37.3 Å². The topological polar surface area (TPSA) is 103 Å². The van der Waals surface area contributed by atoms with Gasteiger partial charge < -0.3 is 24.6 Å². The third-order valence-corrected chi connectivity index (χ3v) is 6.44. The first-order valence-corrected chi connectivity index (χ1v) is 14.0. The number of benzene rings is 1. The van der Waals surface area contributed by atoms with Crippen molar-refractivity contribution < 1.29 is 37.3 Å². The Morgan fingerprint density at radius 2 is 1.88 bits per heavy atom. The fraction of sp³-hybridized carbons (Fsp3) is 0.621. The highest BCUT2D eigenvalue weighted by molar-refractivity contribution is 5.75. The Balaban J connectivity index is 0.000000708. The minimum atomic E-state index is -4.86. The van der Waals surface area contributed by atoms with Crippen LogP contribution >= 0.6 is 0 Å². The Bertz CT molecular complexity index is 1070. The minimum absolute atomic E-state index is 0.0364. The van der Waals surface area contributed by atoms with Crippen molar-refractivity contribution in [2.24, 2.45) is 0 Å². The number of unbranched alkanes of at least 4 members (excludes halogenated alkanes) is 3. The van der Waals surface area contributed by atoms with Gasteiger partial charge in [-0.3, -0.25) is 4.79 Å². The van der Waals surface area contributed by atoms with Crippen LogP contribution in [0, 0.1) is 0 Å². The van der Waals surface area contributed by atoms with Crippen LogP contribution in [-0.4, -0.2) is 47.4 Å². The van der Waals surface area contributed by atoms with Gasteiger partial charge >= 0.3 is 12.3 Å². The lowest BCUT2D eigenvalue weighted by Crippen LogP contribution is -2.20. The number of aromatic hydroxyl groups is 1. The summed E-state index contributed by atoms with van der Waals surface area (Å²) in [6, 6.07) is 4.39. The summed E-state index contributed by atoms with van der Waals surface area (Å²) in [5.41, 5.74) is 2.01. The molecule has 1 aliphatic heterocycles. The van der Waals surface area contributed by atoms with E-state index in [4.69, 9.17) is 4.74 Å². The number of aromatic nitrogens is 2. The Labute approximate surface area is 234 Å². The number of hydrogen-bond acceptors (Lipinski definition) is 8. The highest BCUT2D eigenvalue weighted by atomic mass is 19.4. The number of alkyl halides is 3. The third-order valence-electron chi connectivity index (χ3n) is 6.44. The van der Waals surface area contributed by atoms with Gasteiger partial charge in [0.05, 0.1) is 13.7 Å². The second-order valence-corrected chi connectivity index (χ2v) is 9.71. The third kappa shape index (κ3) is 11.2. The zero-order chi connectivity index (χ0) is 29.5. The molecule has 0 aliphatic carbocycles. The number of carbonyl (C=O) groups excluding carboxylic acids is 1. The molecule has 1 atom stereocenters. The van der Waals surface area contributed by atoms with Crippen molar-refractivity contribution in [3.05, 3.63) is 29.3 Å². The maximum atomic E-state index is 12.7. The zero-order valence-electron chi connectivity index (χ0n) is 23.9. The van der Waals surface area contributed by atoms with Crippen molar-refractivity contribution in [3.8, 4) is 22.8 Å². The standard InChI is InChI=1S/C24H32F3N3O3.C5H10O2/c1-3-5-6-7-10-18(4-2)28-21-13-16-9-8-11-32-15-17-12-19(33-24(25,26)27)14-20(31)22(17)23(16)30-29-21;1-3-4-5(6)7-2/h12-14,18,31H,3-11,15H2,1-2H3,(H,28,29);3-4H2,1-2H3. The molecule has 0 saturated carbocycles. The van der Waals surface area contributed by atoms with E-state index in [0.29, 0.717) is 48.5 Å². The van der Waals surface area contributed by atoms with Gasteiger partial charge in [-0.25, -0.2) is 0 Å². The number of hydrogen-bond donors (Lipinski definition) is 2. The Morgan fingerprint density at radius 1 is 1.10 bits per heavy atom. The molecule has 0 amide bonds. The normalized spacial score (nSPS) is 13.8. The van der Waals surface area contributed by atoms with Gasteiger partial charge in [0, 0.05) is 30.7 Å². The fourth-order valence-electron chi connectivity index (χ4n) is 4.40. The van der Waals surface area contributed by atoms with Crippen LogP contribution in [0.3, 0.4) is 0 Å². The number of nitrogens with one attached hydrogen (secondary N) is 1. The second-order valence-electron chi connectivity index (χ2n) is 9.71. The number of carbonyl (C=O) groups is 1. The van der Waals surface area contributed by atoms with Crippen molar-refractivity contribution >= 4 is 11.8 Å². The Hall–Kier alpha value is -3.08. The number of ether oxygens (including phenoxy) is 3. The van der Waals surface area contributed by atoms with Crippen LogP contribution in [0.25, 0.3) is 11.3 Å². The molecule has 2 N–H and O–H groups in total. The molecule has 8 nitrogen and oxygen atoms in total. The van der Waals surface area contributed by atoms with Crippen molar-refractivity contribution in [1.82, 2.24) is 10.2 Å². The molecular weight excluding hydrogens is 527 g/mol. The summed E-state index contributed by atoms with van der Waals surface area (Å²) in [4.78, 5) is 10.2. The highest BCUT2D eigenvalue weighted by Crippen LogP contribution is 2.40. The average molecular weight is 570 g/mol. The van der Waals surface area contributed by atoms with Crippen LogP contribution in [0.1, 0.15) is 89.7 Å². The summed E-state index contributed by atoms with van der Waals surface area (Å²) < 4.78 is 52.0. The maximum absolute atomic E-state index is 12.7. The van der Waals surface area contributed by atoms with Crippen LogP contribution in [0.5, 0.6) is 11.5 Å². The van der Waals surface area contributed by atoms with Gasteiger partial charge in [0.1, 0.15) is 23.0 Å². The molecule has 1 aromatic carbocycles. The highest BCUT2D eigenvalue weighted by Gasteiger charge is 2.32. The van der Waals surface area contributed by atoms with Gasteiger partial charge in [0.2, 0.25) is 0 Å². The molecule has 40 heavy (non-hydrogen) atoms. The number of nitrogens with zero attached hydrogens (tertiary/aromatic N) is 2. The van der Waals surface area contributed by atoms with E-state index in [9.17, 15) is 23.1 Å². The molecule has 224 valence electrons. The van der Waals surface area contributed by atoms with Crippen LogP contribution in [0.2, 0.25) is 0 Å². The van der Waals surface area contributed by atoms with Crippen molar-refractivity contribution in [1.29, 1.82) is 0 Å². The predicted molar refractivity (Wildman–Crippen MR) is 147 cm³/mol. The van der Waals surface area contributed by atoms with Crippen molar-refractivity contribution in [2.45, 2.75) is 104 Å². The molecule has 2 heterocycles. The summed E-state index contributed by atoms with van der Waals surface area (Å²) in [6.45, 7) is 6.74. The molecule has 1 aromatic heterocycles. The van der Waals surface area contributed by atoms with E-state index >= 15 is 0 Å². The van der Waals surface area contributed by atoms with Crippen LogP contribution < -0.4 is 10.1 Å². The molecule has 3 rings (SSSR count). The Kier molecular flexibility index (Phi) is 14.0. The number of aryl methyl sites for hydroxylation is 1. The summed E-state index contributed by atoms with van der Waals surface area (Å²) in [5, 5.41) is 22.8. The number of fused-ring (bicyclic) bond motifs is 3. The van der Waals surface area contributed by atoms with Crippen LogP contribution in [0.15, 0.2) is 18.2 Å². The molecule has 0 fully saturated rings. The molecular formula is C29H42F3N3O5. The van der Waals surface area contributed by atoms with E-state index < -0.39 is 12.1 Å². The molecule has 0 radical (unpaired) electrons. The fourth-order valence-corrected chi connectivity index (χ4v) is 4.40. The molecule has 0 saturated heterocycles. The SMILES string of the molecule is CCCC(=O)OC.CCCCCCC(CC)Nc1cc2c(nn1)-c1c(O)cc(OC(F)(F)F)cc1COCCC2. The van der Waals surface area contributed by atoms with Gasteiger partial charge in [0.15, 0.2) is 0 Å². The van der Waals surface area contributed by atoms with Gasteiger partial charge in [-0.05, 0) is 55.4 Å². The Morgan fingerprint density at radius 3 is 2.50 bits per heavy atom. The van der Waals surface area contributed by atoms with E-state index in [-0.39, 0.29) is 24.4 Å². The summed E-state index contributed by atoms with van der Waals surface area (Å²) in [7, 11) is 1.40. The van der Waals surface area contributed by atoms with E-state index in [1.165, 1.54) is 32.4 Å². The number of methoxy groups -OCH3 is 1. The smallest absolute Gasteiger partial charge is 0.507 e. The first-order valence-electron chi connectivity index (χ1n) is 14.0. The van der Waals surface area contributed by atoms with Crippen LogP contribution in [-0.2, 0) is 27.3 Å². The van der Waals surface area contributed by atoms with Gasteiger partial charge in [-0.1, -0.05) is 46.5 Å². The largest absolute Gasteiger partial charge is 0.573 e. The number of phenolic OH excluding ortho intramolecular Hbond substituents is 1. The number of phenols is 1. The predicted octanol–water partition coefficient (Wildman–Crippen LogP) is 7.33. The maximum Gasteiger partial charge on any atom is 0.573 e. The van der Waals surface area contributed by atoms with E-state index in [1.807, 2.05) is 13.0 Å². The second kappa shape index (κ2) is 16.9. The number of esters is 1. The van der Waals surface area contributed by atoms with E-state index in [1.54, 1.807) is 0 Å². The lowest BCUT2D eigenvalue weighted by Gasteiger charge is -2.19. The molecule has 0 bridgehead atoms. The monoisotopic (exact) mass is 569 g/mol. The van der Waals surface area contributed by atoms with Crippen LogP contribution in [0.4, 0.5) is 19.0 Å². The number of anilines is 1. The average Bonchev–Trinajstić information content (AvgIpc) is 2.98. The number of rotatable bonds is 11. The molecule has 0 spiro atoms. The van der Waals surface area contributed by atoms with Crippen molar-refractivity contribution in [2.75, 3.05) is 19.0 Å². The van der Waals surface area contributed by atoms with Gasteiger partial charge in [0.25, 0.3) is 0 Å². The minimum Gasteiger partial charge on any atom is -0.507 e. The van der Waals surface area contributed by atoms with Crippen molar-refractivity contribution in [3.63, 3.8) is 0 Å². The molecule has 2 aromatic rings. The molecule has 1 unspecified atom stereocenters. The van der Waals surface area contributed by atoms with E-state index in [2.05, 4.69) is 38.8 Å². The first kappa shape index (κ1) is 33.1. The lowest BCUT2D eigenvalue weighted by atomic mass is 9.97. The number of halogens is 3. The zero-order valence-corrected chi connectivity index (χ0v) is 23.9. The first-order chi connectivity index (χ1) is 19.1.